The Morgan fingerprint density at radius 3 is 1.84 bits per heavy atom. The summed E-state index contributed by atoms with van der Waals surface area (Å²) in [7, 11) is -4.12. The summed E-state index contributed by atoms with van der Waals surface area (Å²) in [5, 5.41) is -0.517. The highest BCUT2D eigenvalue weighted by Crippen LogP contribution is 2.19. The fourth-order valence-corrected chi connectivity index (χ4v) is 2.90. The molecule has 0 unspecified atom stereocenters. The maximum absolute atomic E-state index is 11.9. The van der Waals surface area contributed by atoms with Crippen LogP contribution in [0.3, 0.4) is 0 Å². The lowest BCUT2D eigenvalue weighted by molar-refractivity contribution is 0.527. The molecule has 0 aliphatic heterocycles. The molecule has 0 aliphatic carbocycles. The molecule has 0 atom stereocenters. The van der Waals surface area contributed by atoms with Gasteiger partial charge in [0.2, 0.25) is 0 Å². The van der Waals surface area contributed by atoms with Crippen LogP contribution in [0.1, 0.15) is 13.8 Å². The standard InChI is InChI=1S/C11H18N2O4S2/c1-9(2)18(14,15)11-7-5-10(6-8-11)12-19(16,17)13(3)4/h5-9,12H,1-4H3. The predicted octanol–water partition coefficient (Wildman–Crippen LogP) is 1.09. The third kappa shape index (κ3) is 3.68. The third-order valence-corrected chi connectivity index (χ3v) is 6.16. The summed E-state index contributed by atoms with van der Waals surface area (Å²) in [6, 6.07) is 5.64. The number of nitrogens with zero attached hydrogens (tertiary/aromatic N) is 1. The molecule has 1 aromatic carbocycles. The Balaban J connectivity index is 3.02. The molecule has 19 heavy (non-hydrogen) atoms. The Hall–Kier alpha value is -1.12. The van der Waals surface area contributed by atoms with Crippen molar-refractivity contribution >= 4 is 25.7 Å². The molecule has 0 radical (unpaired) electrons. The fraction of sp³-hybridized carbons (Fsp3) is 0.455. The van der Waals surface area contributed by atoms with Crippen LogP contribution in [0.4, 0.5) is 5.69 Å². The minimum atomic E-state index is -3.58. The lowest BCUT2D eigenvalue weighted by atomic mass is 10.3. The van der Waals surface area contributed by atoms with E-state index in [0.29, 0.717) is 5.69 Å². The van der Waals surface area contributed by atoms with Crippen LogP contribution < -0.4 is 4.72 Å². The molecule has 0 amide bonds. The van der Waals surface area contributed by atoms with E-state index in [1.165, 1.54) is 38.4 Å². The van der Waals surface area contributed by atoms with Crippen LogP contribution in [0.2, 0.25) is 0 Å². The van der Waals surface area contributed by atoms with Crippen LogP contribution in [-0.2, 0) is 20.0 Å². The predicted molar refractivity (Wildman–Crippen MR) is 75.0 cm³/mol. The first-order valence-electron chi connectivity index (χ1n) is 5.61. The van der Waals surface area contributed by atoms with Gasteiger partial charge < -0.3 is 0 Å². The molecule has 1 aromatic rings. The molecule has 0 aromatic heterocycles. The van der Waals surface area contributed by atoms with Crippen LogP contribution in [0, 0.1) is 0 Å². The molecule has 1 rings (SSSR count). The van der Waals surface area contributed by atoms with Gasteiger partial charge >= 0.3 is 10.2 Å². The first-order chi connectivity index (χ1) is 8.57. The zero-order valence-corrected chi connectivity index (χ0v) is 12.9. The minimum absolute atomic E-state index is 0.176. The Labute approximate surface area is 114 Å². The summed E-state index contributed by atoms with van der Waals surface area (Å²) in [4.78, 5) is 0.176. The van der Waals surface area contributed by atoms with Gasteiger partial charge in [-0.05, 0) is 38.1 Å². The van der Waals surface area contributed by atoms with Crippen molar-refractivity contribution in [2.24, 2.45) is 0 Å². The first-order valence-corrected chi connectivity index (χ1v) is 8.60. The molecule has 6 nitrogen and oxygen atoms in total. The normalized spacial score (nSPS) is 12.9. The second kappa shape index (κ2) is 5.48. The van der Waals surface area contributed by atoms with Gasteiger partial charge in [0.1, 0.15) is 0 Å². The van der Waals surface area contributed by atoms with Crippen molar-refractivity contribution in [1.29, 1.82) is 0 Å². The highest BCUT2D eigenvalue weighted by molar-refractivity contribution is 7.92. The van der Waals surface area contributed by atoms with E-state index in [2.05, 4.69) is 4.72 Å². The number of anilines is 1. The van der Waals surface area contributed by atoms with Gasteiger partial charge in [-0.2, -0.15) is 12.7 Å². The molecular weight excluding hydrogens is 288 g/mol. The van der Waals surface area contributed by atoms with E-state index in [1.54, 1.807) is 13.8 Å². The monoisotopic (exact) mass is 306 g/mol. The molecule has 0 saturated carbocycles. The van der Waals surface area contributed by atoms with E-state index >= 15 is 0 Å². The zero-order chi connectivity index (χ0) is 14.8. The second-order valence-electron chi connectivity index (χ2n) is 4.51. The first kappa shape index (κ1) is 15.9. The maximum Gasteiger partial charge on any atom is 0.301 e. The highest BCUT2D eigenvalue weighted by atomic mass is 32.2. The van der Waals surface area contributed by atoms with Crippen molar-refractivity contribution < 1.29 is 16.8 Å². The molecule has 0 heterocycles. The van der Waals surface area contributed by atoms with Crippen molar-refractivity contribution in [3.05, 3.63) is 24.3 Å². The van der Waals surface area contributed by atoms with E-state index in [4.69, 9.17) is 0 Å². The maximum atomic E-state index is 11.9. The summed E-state index contributed by atoms with van der Waals surface area (Å²) >= 11 is 0. The third-order valence-electron chi connectivity index (χ3n) is 2.53. The highest BCUT2D eigenvalue weighted by Gasteiger charge is 2.19. The van der Waals surface area contributed by atoms with Crippen LogP contribution in [0.25, 0.3) is 0 Å². The van der Waals surface area contributed by atoms with Gasteiger partial charge in [0.15, 0.2) is 9.84 Å². The summed E-state index contributed by atoms with van der Waals surface area (Å²) in [5.74, 6) is 0. The Morgan fingerprint density at radius 1 is 1.00 bits per heavy atom. The van der Waals surface area contributed by atoms with Gasteiger partial charge in [-0.15, -0.1) is 0 Å². The summed E-state index contributed by atoms with van der Waals surface area (Å²) in [5.41, 5.74) is 0.316. The second-order valence-corrected chi connectivity index (χ2v) is 8.90. The SMILES string of the molecule is CC(C)S(=O)(=O)c1ccc(NS(=O)(=O)N(C)C)cc1. The van der Waals surface area contributed by atoms with Gasteiger partial charge in [0, 0.05) is 19.8 Å². The number of nitrogens with one attached hydrogen (secondary N) is 1. The van der Waals surface area contributed by atoms with E-state index < -0.39 is 25.3 Å². The van der Waals surface area contributed by atoms with Crippen molar-refractivity contribution in [3.8, 4) is 0 Å². The Kier molecular flexibility index (Phi) is 4.59. The number of rotatable bonds is 5. The summed E-state index contributed by atoms with van der Waals surface area (Å²) < 4.78 is 50.3. The van der Waals surface area contributed by atoms with E-state index in [9.17, 15) is 16.8 Å². The van der Waals surface area contributed by atoms with Gasteiger partial charge in [0.05, 0.1) is 10.1 Å². The van der Waals surface area contributed by atoms with Gasteiger partial charge in [-0.25, -0.2) is 8.42 Å². The molecule has 0 bridgehead atoms. The molecule has 8 heteroatoms. The summed E-state index contributed by atoms with van der Waals surface area (Å²) in [6.07, 6.45) is 0. The Morgan fingerprint density at radius 2 is 1.47 bits per heavy atom. The smallest absolute Gasteiger partial charge is 0.271 e. The number of hydrogen-bond acceptors (Lipinski definition) is 4. The quantitative estimate of drug-likeness (QED) is 0.882. The van der Waals surface area contributed by atoms with Crippen LogP contribution in [0.5, 0.6) is 0 Å². The summed E-state index contributed by atoms with van der Waals surface area (Å²) in [6.45, 7) is 3.19. The largest absolute Gasteiger partial charge is 0.301 e. The van der Waals surface area contributed by atoms with Gasteiger partial charge in [-0.1, -0.05) is 0 Å². The van der Waals surface area contributed by atoms with Gasteiger partial charge in [0.25, 0.3) is 0 Å². The average molecular weight is 306 g/mol. The molecule has 0 spiro atoms. The molecule has 1 N–H and O–H groups in total. The van der Waals surface area contributed by atoms with E-state index in [1.807, 2.05) is 0 Å². The number of benzene rings is 1. The van der Waals surface area contributed by atoms with Crippen LogP contribution in [0.15, 0.2) is 29.2 Å². The van der Waals surface area contributed by atoms with Crippen LogP contribution in [-0.4, -0.2) is 40.5 Å². The molecule has 0 aliphatic rings. The van der Waals surface area contributed by atoms with E-state index in [0.717, 1.165) is 4.31 Å². The molecule has 108 valence electrons. The lowest BCUT2D eigenvalue weighted by Crippen LogP contribution is -2.28. The topological polar surface area (TPSA) is 83.5 Å². The molecular formula is C11H18N2O4S2. The fourth-order valence-electron chi connectivity index (χ4n) is 1.23. The Bertz CT molecular complexity index is 632. The number of sulfone groups is 1. The lowest BCUT2D eigenvalue weighted by Gasteiger charge is -2.14. The van der Waals surface area contributed by atoms with Crippen molar-refractivity contribution in [1.82, 2.24) is 4.31 Å². The molecule has 0 saturated heterocycles. The minimum Gasteiger partial charge on any atom is -0.271 e. The molecule has 0 fully saturated rings. The average Bonchev–Trinajstić information content (AvgIpc) is 2.28. The van der Waals surface area contributed by atoms with Crippen molar-refractivity contribution in [2.75, 3.05) is 18.8 Å². The number of hydrogen-bond donors (Lipinski definition) is 1. The van der Waals surface area contributed by atoms with Crippen LogP contribution >= 0.6 is 0 Å². The van der Waals surface area contributed by atoms with E-state index in [-0.39, 0.29) is 4.90 Å². The van der Waals surface area contributed by atoms with Crippen molar-refractivity contribution in [3.63, 3.8) is 0 Å². The van der Waals surface area contributed by atoms with Crippen molar-refractivity contribution in [2.45, 2.75) is 24.0 Å². The van der Waals surface area contributed by atoms with Gasteiger partial charge in [-0.3, -0.25) is 4.72 Å². The zero-order valence-electron chi connectivity index (χ0n) is 11.3.